The number of aromatic nitrogens is 4. The molecule has 0 bridgehead atoms. The van der Waals surface area contributed by atoms with Crippen LogP contribution < -0.4 is 5.43 Å². The fourth-order valence-electron chi connectivity index (χ4n) is 2.58. The van der Waals surface area contributed by atoms with Crippen molar-refractivity contribution in [3.8, 4) is 11.3 Å². The van der Waals surface area contributed by atoms with Crippen molar-refractivity contribution in [3.05, 3.63) is 58.5 Å². The van der Waals surface area contributed by atoms with Crippen LogP contribution in [0.15, 0.2) is 41.5 Å². The van der Waals surface area contributed by atoms with Gasteiger partial charge in [0.2, 0.25) is 0 Å². The molecule has 0 fully saturated rings. The van der Waals surface area contributed by atoms with E-state index >= 15 is 0 Å². The van der Waals surface area contributed by atoms with E-state index in [4.69, 9.17) is 11.6 Å². The molecular weight excluding hydrogens is 364 g/mol. The van der Waals surface area contributed by atoms with Crippen molar-refractivity contribution >= 4 is 23.7 Å². The summed E-state index contributed by atoms with van der Waals surface area (Å²) in [6.45, 7) is 4.73. The summed E-state index contributed by atoms with van der Waals surface area (Å²) in [5.74, 6) is -0.381. The summed E-state index contributed by atoms with van der Waals surface area (Å²) in [6, 6.07) is 11.3. The number of hydrogen-bond acceptors (Lipinski definition) is 4. The molecule has 0 atom stereocenters. The smallest absolute Gasteiger partial charge is 0.272 e. The molecule has 0 aliphatic carbocycles. The Kier molecular flexibility index (Phi) is 6.03. The molecule has 3 aromatic rings. The fourth-order valence-corrected chi connectivity index (χ4v) is 2.89. The van der Waals surface area contributed by atoms with Gasteiger partial charge in [0, 0.05) is 12.1 Å². The van der Waals surface area contributed by atoms with Crippen LogP contribution in [-0.4, -0.2) is 32.1 Å². The Morgan fingerprint density at radius 3 is 2.89 bits per heavy atom. The number of nitrogens with one attached hydrogen (secondary N) is 2. The van der Waals surface area contributed by atoms with Gasteiger partial charge in [-0.25, -0.2) is 5.43 Å². The molecule has 27 heavy (non-hydrogen) atoms. The third kappa shape index (κ3) is 4.43. The van der Waals surface area contributed by atoms with E-state index < -0.39 is 0 Å². The zero-order chi connectivity index (χ0) is 19.2. The highest BCUT2D eigenvalue weighted by atomic mass is 35.5. The van der Waals surface area contributed by atoms with E-state index in [2.05, 4.69) is 32.7 Å². The molecule has 8 heteroatoms. The van der Waals surface area contributed by atoms with Crippen molar-refractivity contribution in [1.82, 2.24) is 25.4 Å². The van der Waals surface area contributed by atoms with E-state index in [-0.39, 0.29) is 5.91 Å². The summed E-state index contributed by atoms with van der Waals surface area (Å²) in [6.07, 6.45) is 3.57. The second-order valence-electron chi connectivity index (χ2n) is 6.10. The lowest BCUT2D eigenvalue weighted by atomic mass is 10.1. The molecule has 0 radical (unpaired) electrons. The van der Waals surface area contributed by atoms with Crippen molar-refractivity contribution in [2.45, 2.75) is 33.2 Å². The van der Waals surface area contributed by atoms with Crippen molar-refractivity contribution in [3.63, 3.8) is 0 Å². The third-order valence-electron chi connectivity index (χ3n) is 4.08. The maximum Gasteiger partial charge on any atom is 0.289 e. The highest BCUT2D eigenvalue weighted by molar-refractivity contribution is 6.32. The van der Waals surface area contributed by atoms with Crippen molar-refractivity contribution in [2.24, 2.45) is 5.10 Å². The second kappa shape index (κ2) is 8.64. The van der Waals surface area contributed by atoms with Gasteiger partial charge in [-0.3, -0.25) is 14.6 Å². The molecule has 1 amide bonds. The number of aromatic amines is 1. The van der Waals surface area contributed by atoms with Gasteiger partial charge in [0.15, 0.2) is 0 Å². The normalized spacial score (nSPS) is 11.2. The lowest BCUT2D eigenvalue weighted by Crippen LogP contribution is -2.18. The average molecular weight is 385 g/mol. The molecule has 1 aromatic carbocycles. The van der Waals surface area contributed by atoms with Gasteiger partial charge < -0.3 is 0 Å². The summed E-state index contributed by atoms with van der Waals surface area (Å²) in [5, 5.41) is 15.8. The number of hydrazone groups is 1. The topological polar surface area (TPSA) is 88.0 Å². The quantitative estimate of drug-likeness (QED) is 0.479. The SMILES string of the molecule is CCCCn1nc(C)c(/C=N\NC(=O)c2cc(-c3ccccc3)n[nH]2)c1Cl. The highest BCUT2D eigenvalue weighted by Crippen LogP contribution is 2.19. The molecule has 0 aliphatic heterocycles. The maximum atomic E-state index is 12.2. The Hall–Kier alpha value is -2.93. The molecule has 0 unspecified atom stereocenters. The standard InChI is InChI=1S/C19H21ClN6O/c1-3-4-10-26-18(20)15(13(2)25-26)12-21-24-19(27)17-11-16(22-23-17)14-8-6-5-7-9-14/h5-9,11-12H,3-4,10H2,1-2H3,(H,22,23)(H,24,27)/b21-12-. The van der Waals surface area contributed by atoms with E-state index in [0.29, 0.717) is 22.1 Å². The first-order chi connectivity index (χ1) is 13.1. The molecule has 2 N–H and O–H groups in total. The first kappa shape index (κ1) is 18.8. The maximum absolute atomic E-state index is 12.2. The van der Waals surface area contributed by atoms with Crippen LogP contribution in [0.2, 0.25) is 5.15 Å². The van der Waals surface area contributed by atoms with Crippen LogP contribution in [0.1, 0.15) is 41.5 Å². The Bertz CT molecular complexity index is 945. The molecule has 7 nitrogen and oxygen atoms in total. The van der Waals surface area contributed by atoms with Gasteiger partial charge in [-0.1, -0.05) is 55.3 Å². The summed E-state index contributed by atoms with van der Waals surface area (Å²) in [5.41, 5.74) is 5.90. The number of halogens is 1. The van der Waals surface area contributed by atoms with Crippen molar-refractivity contribution < 1.29 is 4.79 Å². The molecule has 0 aliphatic rings. The number of carbonyl (C=O) groups is 1. The lowest BCUT2D eigenvalue weighted by Gasteiger charge is -2.00. The second-order valence-corrected chi connectivity index (χ2v) is 6.46. The molecule has 0 saturated carbocycles. The summed E-state index contributed by atoms with van der Waals surface area (Å²) in [7, 11) is 0. The molecule has 140 valence electrons. The van der Waals surface area contributed by atoms with Crippen LogP contribution in [0.3, 0.4) is 0 Å². The van der Waals surface area contributed by atoms with Gasteiger partial charge in [0.05, 0.1) is 23.2 Å². The fraction of sp³-hybridized carbons (Fsp3) is 0.263. The van der Waals surface area contributed by atoms with Crippen molar-refractivity contribution in [1.29, 1.82) is 0 Å². The van der Waals surface area contributed by atoms with Gasteiger partial charge in [-0.15, -0.1) is 0 Å². The number of hydrogen-bond donors (Lipinski definition) is 2. The number of aryl methyl sites for hydroxylation is 2. The number of unbranched alkanes of at least 4 members (excludes halogenated alkanes) is 1. The van der Waals surface area contributed by atoms with Gasteiger partial charge >= 0.3 is 0 Å². The summed E-state index contributed by atoms with van der Waals surface area (Å²) < 4.78 is 1.75. The molecule has 2 heterocycles. The van der Waals surface area contributed by atoms with E-state index in [1.807, 2.05) is 37.3 Å². The van der Waals surface area contributed by atoms with Crippen LogP contribution >= 0.6 is 11.6 Å². The molecule has 2 aromatic heterocycles. The number of nitrogens with zero attached hydrogens (tertiary/aromatic N) is 4. The molecular formula is C19H21ClN6O. The Morgan fingerprint density at radius 1 is 1.37 bits per heavy atom. The molecule has 0 spiro atoms. The largest absolute Gasteiger partial charge is 0.289 e. The Morgan fingerprint density at radius 2 is 2.15 bits per heavy atom. The van der Waals surface area contributed by atoms with Crippen LogP contribution in [0, 0.1) is 6.92 Å². The zero-order valence-electron chi connectivity index (χ0n) is 15.2. The summed E-state index contributed by atoms with van der Waals surface area (Å²) >= 11 is 6.35. The monoisotopic (exact) mass is 384 g/mol. The Balaban J connectivity index is 1.66. The summed E-state index contributed by atoms with van der Waals surface area (Å²) in [4.78, 5) is 12.2. The number of H-pyrrole nitrogens is 1. The molecule has 0 saturated heterocycles. The number of benzene rings is 1. The number of rotatable bonds is 7. The minimum absolute atomic E-state index is 0.326. The van der Waals surface area contributed by atoms with Crippen LogP contribution in [0.5, 0.6) is 0 Å². The predicted octanol–water partition coefficient (Wildman–Crippen LogP) is 3.80. The van der Waals surface area contributed by atoms with Crippen molar-refractivity contribution in [2.75, 3.05) is 0 Å². The van der Waals surface area contributed by atoms with Crippen LogP contribution in [0.4, 0.5) is 0 Å². The highest BCUT2D eigenvalue weighted by Gasteiger charge is 2.13. The van der Waals surface area contributed by atoms with Gasteiger partial charge in [0.1, 0.15) is 10.8 Å². The average Bonchev–Trinajstić information content (AvgIpc) is 3.27. The third-order valence-corrected chi connectivity index (χ3v) is 4.48. The van der Waals surface area contributed by atoms with E-state index in [1.54, 1.807) is 10.7 Å². The van der Waals surface area contributed by atoms with E-state index in [9.17, 15) is 4.79 Å². The van der Waals surface area contributed by atoms with E-state index in [1.165, 1.54) is 6.21 Å². The lowest BCUT2D eigenvalue weighted by molar-refractivity contribution is 0.0950. The van der Waals surface area contributed by atoms with Gasteiger partial charge in [0.25, 0.3) is 5.91 Å². The van der Waals surface area contributed by atoms with E-state index in [0.717, 1.165) is 30.6 Å². The first-order valence-corrected chi connectivity index (χ1v) is 9.15. The first-order valence-electron chi connectivity index (χ1n) is 8.77. The predicted molar refractivity (Wildman–Crippen MR) is 106 cm³/mol. The minimum atomic E-state index is -0.381. The Labute approximate surface area is 162 Å². The minimum Gasteiger partial charge on any atom is -0.272 e. The number of carbonyl (C=O) groups excluding carboxylic acids is 1. The van der Waals surface area contributed by atoms with Crippen LogP contribution in [0.25, 0.3) is 11.3 Å². The van der Waals surface area contributed by atoms with Gasteiger partial charge in [-0.05, 0) is 19.4 Å². The number of amides is 1. The van der Waals surface area contributed by atoms with Gasteiger partial charge in [-0.2, -0.15) is 15.3 Å². The van der Waals surface area contributed by atoms with Crippen LogP contribution in [-0.2, 0) is 6.54 Å². The zero-order valence-corrected chi connectivity index (χ0v) is 16.0. The molecule has 3 rings (SSSR count).